The Morgan fingerprint density at radius 3 is 2.59 bits per heavy atom. The Labute approximate surface area is 180 Å². The third kappa shape index (κ3) is 6.32. The average molecular weight is 429 g/mol. The van der Waals surface area contributed by atoms with Crippen LogP contribution >= 0.6 is 12.4 Å². The van der Waals surface area contributed by atoms with E-state index in [9.17, 15) is 14.4 Å². The first kappa shape index (κ1) is 23.9. The first-order valence-corrected chi connectivity index (χ1v) is 11.2. The van der Waals surface area contributed by atoms with Gasteiger partial charge in [0.15, 0.2) is 0 Å². The SMILES string of the molecule is CCCC(=O)N1CCCCC1C(=O)N1CCCC(CNC(=O)C2CCCN2)C1.Cl. The fraction of sp³-hybridized carbons (Fsp3) is 0.857. The van der Waals surface area contributed by atoms with Crippen molar-refractivity contribution in [3.63, 3.8) is 0 Å². The molecule has 3 atom stereocenters. The zero-order valence-electron chi connectivity index (χ0n) is 17.7. The second kappa shape index (κ2) is 11.7. The van der Waals surface area contributed by atoms with Gasteiger partial charge in [0.2, 0.25) is 17.7 Å². The summed E-state index contributed by atoms with van der Waals surface area (Å²) in [7, 11) is 0. The number of likely N-dealkylation sites (tertiary alicyclic amines) is 2. The molecule has 29 heavy (non-hydrogen) atoms. The lowest BCUT2D eigenvalue weighted by molar-refractivity contribution is -0.148. The molecule has 0 radical (unpaired) electrons. The normalized spacial score (nSPS) is 27.3. The van der Waals surface area contributed by atoms with Crippen LogP contribution in [0.1, 0.15) is 64.7 Å². The summed E-state index contributed by atoms with van der Waals surface area (Å²) in [6.07, 6.45) is 8.07. The molecule has 3 rings (SSSR count). The number of nitrogens with one attached hydrogen (secondary N) is 2. The van der Waals surface area contributed by atoms with E-state index in [0.717, 1.165) is 64.5 Å². The molecule has 3 aliphatic heterocycles. The van der Waals surface area contributed by atoms with Crippen molar-refractivity contribution < 1.29 is 14.4 Å². The minimum absolute atomic E-state index is 0. The number of amides is 3. The van der Waals surface area contributed by atoms with Crippen LogP contribution in [0.3, 0.4) is 0 Å². The van der Waals surface area contributed by atoms with Gasteiger partial charge in [0.1, 0.15) is 6.04 Å². The number of carbonyl (C=O) groups is 3. The molecule has 7 nitrogen and oxygen atoms in total. The van der Waals surface area contributed by atoms with Gasteiger partial charge in [0.05, 0.1) is 6.04 Å². The number of rotatable bonds is 6. The number of nitrogens with zero attached hydrogens (tertiary/aromatic N) is 2. The van der Waals surface area contributed by atoms with E-state index in [2.05, 4.69) is 10.6 Å². The molecule has 0 aromatic carbocycles. The number of piperidine rings is 2. The molecule has 3 aliphatic rings. The molecule has 3 heterocycles. The van der Waals surface area contributed by atoms with Gasteiger partial charge in [0, 0.05) is 32.6 Å². The summed E-state index contributed by atoms with van der Waals surface area (Å²) in [6, 6.07) is -0.342. The highest BCUT2D eigenvalue weighted by Gasteiger charge is 2.36. The number of hydrogen-bond acceptors (Lipinski definition) is 4. The van der Waals surface area contributed by atoms with Crippen molar-refractivity contribution in [2.24, 2.45) is 5.92 Å². The van der Waals surface area contributed by atoms with Crippen molar-refractivity contribution in [3.8, 4) is 0 Å². The van der Waals surface area contributed by atoms with Gasteiger partial charge < -0.3 is 20.4 Å². The van der Waals surface area contributed by atoms with Crippen LogP contribution in [0.15, 0.2) is 0 Å². The van der Waals surface area contributed by atoms with E-state index < -0.39 is 0 Å². The maximum absolute atomic E-state index is 13.2. The highest BCUT2D eigenvalue weighted by Crippen LogP contribution is 2.23. The maximum atomic E-state index is 13.2. The predicted molar refractivity (Wildman–Crippen MR) is 115 cm³/mol. The first-order chi connectivity index (χ1) is 13.6. The summed E-state index contributed by atoms with van der Waals surface area (Å²) < 4.78 is 0. The molecular formula is C21H37ClN4O3. The summed E-state index contributed by atoms with van der Waals surface area (Å²) >= 11 is 0. The minimum atomic E-state index is -0.288. The smallest absolute Gasteiger partial charge is 0.245 e. The van der Waals surface area contributed by atoms with Crippen LogP contribution in [-0.4, -0.2) is 72.3 Å². The van der Waals surface area contributed by atoms with E-state index in [-0.39, 0.29) is 42.2 Å². The standard InChI is InChI=1S/C21H36N4O3.ClH/c1-2-7-19(26)25-13-4-3-10-18(25)21(28)24-12-6-8-16(15-24)14-23-20(27)17-9-5-11-22-17;/h16-18,22H,2-15H2,1H3,(H,23,27);1H. The molecule has 3 amide bonds. The molecule has 3 saturated heterocycles. The molecule has 3 fully saturated rings. The number of halogens is 1. The van der Waals surface area contributed by atoms with Gasteiger partial charge in [-0.15, -0.1) is 12.4 Å². The van der Waals surface area contributed by atoms with Crippen LogP contribution in [-0.2, 0) is 14.4 Å². The van der Waals surface area contributed by atoms with Gasteiger partial charge >= 0.3 is 0 Å². The van der Waals surface area contributed by atoms with Gasteiger partial charge in [-0.3, -0.25) is 14.4 Å². The molecule has 0 bridgehead atoms. The molecule has 8 heteroatoms. The van der Waals surface area contributed by atoms with Crippen LogP contribution in [0.4, 0.5) is 0 Å². The van der Waals surface area contributed by atoms with Gasteiger partial charge in [-0.1, -0.05) is 6.92 Å². The molecule has 166 valence electrons. The van der Waals surface area contributed by atoms with Crippen molar-refractivity contribution in [1.82, 2.24) is 20.4 Å². The van der Waals surface area contributed by atoms with E-state index in [1.807, 2.05) is 16.7 Å². The topological polar surface area (TPSA) is 81.8 Å². The first-order valence-electron chi connectivity index (χ1n) is 11.2. The molecule has 0 spiro atoms. The fourth-order valence-electron chi connectivity index (χ4n) is 4.76. The Kier molecular flexibility index (Phi) is 9.69. The van der Waals surface area contributed by atoms with Crippen molar-refractivity contribution in [3.05, 3.63) is 0 Å². The van der Waals surface area contributed by atoms with Crippen molar-refractivity contribution in [2.45, 2.75) is 76.8 Å². The summed E-state index contributed by atoms with van der Waals surface area (Å²) in [4.78, 5) is 41.7. The lowest BCUT2D eigenvalue weighted by Crippen LogP contribution is -2.55. The highest BCUT2D eigenvalue weighted by atomic mass is 35.5. The summed E-state index contributed by atoms with van der Waals surface area (Å²) in [5.74, 6) is 0.610. The quantitative estimate of drug-likeness (QED) is 0.674. The van der Waals surface area contributed by atoms with E-state index in [1.165, 1.54) is 0 Å². The van der Waals surface area contributed by atoms with E-state index in [0.29, 0.717) is 32.0 Å². The largest absolute Gasteiger partial charge is 0.354 e. The third-order valence-corrected chi connectivity index (χ3v) is 6.34. The third-order valence-electron chi connectivity index (χ3n) is 6.34. The molecule has 3 unspecified atom stereocenters. The zero-order valence-corrected chi connectivity index (χ0v) is 18.5. The lowest BCUT2D eigenvalue weighted by atomic mass is 9.95. The minimum Gasteiger partial charge on any atom is -0.354 e. The Bertz CT molecular complexity index is 568. The summed E-state index contributed by atoms with van der Waals surface area (Å²) in [6.45, 7) is 5.70. The van der Waals surface area contributed by atoms with E-state index in [1.54, 1.807) is 0 Å². The maximum Gasteiger partial charge on any atom is 0.245 e. The highest BCUT2D eigenvalue weighted by molar-refractivity contribution is 5.88. The Morgan fingerprint density at radius 1 is 1.03 bits per heavy atom. The van der Waals surface area contributed by atoms with Gasteiger partial charge in [-0.25, -0.2) is 0 Å². The number of carbonyl (C=O) groups excluding carboxylic acids is 3. The molecule has 0 saturated carbocycles. The average Bonchev–Trinajstić information content (AvgIpc) is 3.27. The van der Waals surface area contributed by atoms with Crippen molar-refractivity contribution in [1.29, 1.82) is 0 Å². The predicted octanol–water partition coefficient (Wildman–Crippen LogP) is 1.70. The summed E-state index contributed by atoms with van der Waals surface area (Å²) in [5.41, 5.74) is 0. The van der Waals surface area contributed by atoms with Crippen LogP contribution in [0.25, 0.3) is 0 Å². The number of hydrogen-bond donors (Lipinski definition) is 2. The van der Waals surface area contributed by atoms with E-state index >= 15 is 0 Å². The van der Waals surface area contributed by atoms with Crippen LogP contribution in [0.5, 0.6) is 0 Å². The Hall–Kier alpha value is -1.34. The molecule has 2 N–H and O–H groups in total. The molecule has 0 aromatic rings. The van der Waals surface area contributed by atoms with Crippen LogP contribution < -0.4 is 10.6 Å². The molecular weight excluding hydrogens is 392 g/mol. The van der Waals surface area contributed by atoms with Crippen molar-refractivity contribution in [2.75, 3.05) is 32.7 Å². The Balaban J connectivity index is 0.00000300. The van der Waals surface area contributed by atoms with Crippen molar-refractivity contribution >= 4 is 30.1 Å². The second-order valence-corrected chi connectivity index (χ2v) is 8.54. The monoisotopic (exact) mass is 428 g/mol. The van der Waals surface area contributed by atoms with Crippen LogP contribution in [0.2, 0.25) is 0 Å². The van der Waals surface area contributed by atoms with Gasteiger partial charge in [-0.2, -0.15) is 0 Å². The summed E-state index contributed by atoms with van der Waals surface area (Å²) in [5, 5.41) is 6.30. The van der Waals surface area contributed by atoms with Gasteiger partial charge in [0.25, 0.3) is 0 Å². The molecule has 0 aliphatic carbocycles. The van der Waals surface area contributed by atoms with E-state index in [4.69, 9.17) is 0 Å². The van der Waals surface area contributed by atoms with Gasteiger partial charge in [-0.05, 0) is 63.8 Å². The molecule has 0 aromatic heterocycles. The Morgan fingerprint density at radius 2 is 1.86 bits per heavy atom. The fourth-order valence-corrected chi connectivity index (χ4v) is 4.76. The lowest BCUT2D eigenvalue weighted by Gasteiger charge is -2.40. The second-order valence-electron chi connectivity index (χ2n) is 8.54. The van der Waals surface area contributed by atoms with Crippen LogP contribution in [0, 0.1) is 5.92 Å². The zero-order chi connectivity index (χ0) is 19.9.